The molecule has 0 spiro atoms. The zero-order valence-electron chi connectivity index (χ0n) is 9.36. The van der Waals surface area contributed by atoms with Gasteiger partial charge in [-0.25, -0.2) is 0 Å². The third kappa shape index (κ3) is 6.38. The fourth-order valence-electron chi connectivity index (χ4n) is 1.08. The van der Waals surface area contributed by atoms with E-state index in [4.69, 9.17) is 5.11 Å². The second-order valence-corrected chi connectivity index (χ2v) is 4.80. The molecule has 4 nitrogen and oxygen atoms in total. The highest BCUT2D eigenvalue weighted by Crippen LogP contribution is 2.20. The molecular weight excluding hydrogens is 216 g/mol. The summed E-state index contributed by atoms with van der Waals surface area (Å²) in [6.45, 7) is 3.76. The number of hydrogen-bond acceptors (Lipinski definition) is 4. The van der Waals surface area contributed by atoms with Crippen molar-refractivity contribution in [1.82, 2.24) is 0 Å². The lowest BCUT2D eigenvalue weighted by Crippen LogP contribution is -2.23. The Balaban J connectivity index is 3.72. The molecule has 0 aromatic carbocycles. The third-order valence-corrected chi connectivity index (χ3v) is 3.53. The number of thioether (sulfide) groups is 1. The minimum atomic E-state index is -0.784. The SMILES string of the molecule is COC(=O)CCCSC(C(=O)O)C(C)C. The first-order valence-corrected chi connectivity index (χ1v) is 5.95. The van der Waals surface area contributed by atoms with Crippen LogP contribution in [0.1, 0.15) is 26.7 Å². The van der Waals surface area contributed by atoms with Crippen LogP contribution < -0.4 is 0 Å². The average Bonchev–Trinajstić information content (AvgIpc) is 2.15. The van der Waals surface area contributed by atoms with E-state index in [9.17, 15) is 9.59 Å². The van der Waals surface area contributed by atoms with Crippen molar-refractivity contribution in [3.8, 4) is 0 Å². The third-order valence-electron chi connectivity index (χ3n) is 1.90. The van der Waals surface area contributed by atoms with Crippen LogP contribution in [0.4, 0.5) is 0 Å². The summed E-state index contributed by atoms with van der Waals surface area (Å²) in [6.07, 6.45) is 1.02. The fraction of sp³-hybridized carbons (Fsp3) is 0.800. The number of carbonyl (C=O) groups excluding carboxylic acids is 1. The van der Waals surface area contributed by atoms with Gasteiger partial charge in [-0.15, -0.1) is 11.8 Å². The Labute approximate surface area is 94.4 Å². The Kier molecular flexibility index (Phi) is 7.21. The van der Waals surface area contributed by atoms with Crippen LogP contribution >= 0.6 is 11.8 Å². The first kappa shape index (κ1) is 14.3. The van der Waals surface area contributed by atoms with Crippen molar-refractivity contribution < 1.29 is 19.4 Å². The zero-order chi connectivity index (χ0) is 11.8. The van der Waals surface area contributed by atoms with E-state index >= 15 is 0 Å². The van der Waals surface area contributed by atoms with Crippen molar-refractivity contribution in [2.45, 2.75) is 31.9 Å². The van der Waals surface area contributed by atoms with Crippen LogP contribution in [0.3, 0.4) is 0 Å². The van der Waals surface area contributed by atoms with Gasteiger partial charge in [-0.3, -0.25) is 9.59 Å². The molecule has 0 radical (unpaired) electrons. The monoisotopic (exact) mass is 234 g/mol. The predicted molar refractivity (Wildman–Crippen MR) is 60.0 cm³/mol. The summed E-state index contributed by atoms with van der Waals surface area (Å²) < 4.78 is 4.49. The predicted octanol–water partition coefficient (Wildman–Crippen LogP) is 1.78. The number of carboxylic acids is 1. The smallest absolute Gasteiger partial charge is 0.316 e. The molecule has 0 aliphatic heterocycles. The zero-order valence-corrected chi connectivity index (χ0v) is 10.2. The summed E-state index contributed by atoms with van der Waals surface area (Å²) in [5.41, 5.74) is 0. The van der Waals surface area contributed by atoms with Gasteiger partial charge in [0, 0.05) is 6.42 Å². The van der Waals surface area contributed by atoms with Crippen LogP contribution in [0.2, 0.25) is 0 Å². The maximum atomic E-state index is 10.8. The highest BCUT2D eigenvalue weighted by molar-refractivity contribution is 8.00. The number of carbonyl (C=O) groups is 2. The molecule has 0 aliphatic rings. The number of carboxylic acid groups (broad SMARTS) is 1. The molecule has 0 rings (SSSR count). The van der Waals surface area contributed by atoms with Crippen LogP contribution in [-0.4, -0.2) is 35.2 Å². The molecule has 0 bridgehead atoms. The molecule has 0 aromatic rings. The topological polar surface area (TPSA) is 63.6 Å². The van der Waals surface area contributed by atoms with E-state index in [1.165, 1.54) is 18.9 Å². The van der Waals surface area contributed by atoms with Crippen LogP contribution in [0.5, 0.6) is 0 Å². The first-order valence-electron chi connectivity index (χ1n) is 4.90. The molecule has 0 fully saturated rings. The number of aliphatic carboxylic acids is 1. The number of methoxy groups -OCH3 is 1. The van der Waals surface area contributed by atoms with Crippen LogP contribution in [0, 0.1) is 5.92 Å². The Morgan fingerprint density at radius 1 is 1.40 bits per heavy atom. The Morgan fingerprint density at radius 3 is 2.40 bits per heavy atom. The van der Waals surface area contributed by atoms with Gasteiger partial charge < -0.3 is 9.84 Å². The fourth-order valence-corrected chi connectivity index (χ4v) is 2.17. The lowest BCUT2D eigenvalue weighted by atomic mass is 10.1. The largest absolute Gasteiger partial charge is 0.480 e. The van der Waals surface area contributed by atoms with Gasteiger partial charge in [0.25, 0.3) is 0 Å². The van der Waals surface area contributed by atoms with Gasteiger partial charge in [0.05, 0.1) is 7.11 Å². The quantitative estimate of drug-likeness (QED) is 0.537. The van der Waals surface area contributed by atoms with Gasteiger partial charge in [-0.1, -0.05) is 13.8 Å². The van der Waals surface area contributed by atoms with Gasteiger partial charge >= 0.3 is 11.9 Å². The lowest BCUT2D eigenvalue weighted by molar-refractivity contribution is -0.140. The summed E-state index contributed by atoms with van der Waals surface area (Å²) >= 11 is 1.38. The molecule has 0 saturated heterocycles. The standard InChI is InChI=1S/C10H18O4S/c1-7(2)9(10(12)13)15-6-4-5-8(11)14-3/h7,9H,4-6H2,1-3H3,(H,12,13). The number of esters is 1. The van der Waals surface area contributed by atoms with Crippen molar-refractivity contribution >= 4 is 23.7 Å². The minimum Gasteiger partial charge on any atom is -0.480 e. The minimum absolute atomic E-state index is 0.102. The Hall–Kier alpha value is -0.710. The molecule has 5 heteroatoms. The molecule has 1 atom stereocenters. The Bertz CT molecular complexity index is 215. The van der Waals surface area contributed by atoms with E-state index in [0.29, 0.717) is 18.6 Å². The number of rotatable bonds is 7. The van der Waals surface area contributed by atoms with Gasteiger partial charge in [-0.05, 0) is 18.1 Å². The van der Waals surface area contributed by atoms with Crippen LogP contribution in [0.25, 0.3) is 0 Å². The molecule has 0 saturated carbocycles. The van der Waals surface area contributed by atoms with E-state index in [-0.39, 0.29) is 17.1 Å². The molecule has 1 N–H and O–H groups in total. The van der Waals surface area contributed by atoms with Gasteiger partial charge in [0.15, 0.2) is 0 Å². The van der Waals surface area contributed by atoms with Crippen molar-refractivity contribution in [1.29, 1.82) is 0 Å². The van der Waals surface area contributed by atoms with Crippen LogP contribution in [-0.2, 0) is 14.3 Å². The average molecular weight is 234 g/mol. The molecule has 1 unspecified atom stereocenters. The molecule has 0 aromatic heterocycles. The second-order valence-electron chi connectivity index (χ2n) is 3.55. The number of ether oxygens (including phenoxy) is 1. The molecule has 15 heavy (non-hydrogen) atoms. The molecule has 88 valence electrons. The van der Waals surface area contributed by atoms with Crippen molar-refractivity contribution in [3.63, 3.8) is 0 Å². The summed E-state index contributed by atoms with van der Waals surface area (Å²) in [5, 5.41) is 8.50. The highest BCUT2D eigenvalue weighted by atomic mass is 32.2. The van der Waals surface area contributed by atoms with Gasteiger partial charge in [0.2, 0.25) is 0 Å². The number of hydrogen-bond donors (Lipinski definition) is 1. The summed E-state index contributed by atoms with van der Waals surface area (Å²) in [4.78, 5) is 21.6. The Morgan fingerprint density at radius 2 is 2.00 bits per heavy atom. The van der Waals surface area contributed by atoms with E-state index in [1.54, 1.807) is 0 Å². The normalized spacial score (nSPS) is 12.5. The van der Waals surface area contributed by atoms with Gasteiger partial charge in [0.1, 0.15) is 5.25 Å². The molecule has 0 amide bonds. The second kappa shape index (κ2) is 7.56. The van der Waals surface area contributed by atoms with E-state index in [2.05, 4.69) is 4.74 Å². The molecular formula is C10H18O4S. The highest BCUT2D eigenvalue weighted by Gasteiger charge is 2.21. The van der Waals surface area contributed by atoms with Crippen molar-refractivity contribution in [2.24, 2.45) is 5.92 Å². The maximum Gasteiger partial charge on any atom is 0.316 e. The van der Waals surface area contributed by atoms with E-state index < -0.39 is 5.97 Å². The van der Waals surface area contributed by atoms with Crippen LogP contribution in [0.15, 0.2) is 0 Å². The van der Waals surface area contributed by atoms with E-state index in [1.807, 2.05) is 13.8 Å². The van der Waals surface area contributed by atoms with Gasteiger partial charge in [-0.2, -0.15) is 0 Å². The molecule has 0 aliphatic carbocycles. The van der Waals surface area contributed by atoms with E-state index in [0.717, 1.165) is 0 Å². The summed E-state index contributed by atoms with van der Waals surface area (Å²) in [7, 11) is 1.35. The first-order chi connectivity index (χ1) is 6.99. The molecule has 0 heterocycles. The lowest BCUT2D eigenvalue weighted by Gasteiger charge is -2.15. The summed E-state index contributed by atoms with van der Waals surface area (Å²) in [6, 6.07) is 0. The van der Waals surface area contributed by atoms with Crippen molar-refractivity contribution in [3.05, 3.63) is 0 Å². The maximum absolute atomic E-state index is 10.8. The summed E-state index contributed by atoms with van der Waals surface area (Å²) in [5.74, 6) is -0.254. The van der Waals surface area contributed by atoms with Crippen molar-refractivity contribution in [2.75, 3.05) is 12.9 Å².